The first-order valence-electron chi connectivity index (χ1n) is 4.41. The number of rotatable bonds is 4. The number of ether oxygens (including phenoxy) is 1. The van der Waals surface area contributed by atoms with Gasteiger partial charge in [0.1, 0.15) is 12.4 Å². The summed E-state index contributed by atoms with van der Waals surface area (Å²) in [5.41, 5.74) is 11.3. The van der Waals surface area contributed by atoms with Crippen molar-refractivity contribution in [2.24, 2.45) is 5.73 Å². The Morgan fingerprint density at radius 3 is 2.88 bits per heavy atom. The van der Waals surface area contributed by atoms with Gasteiger partial charge in [-0.1, -0.05) is 0 Å². The molecule has 1 rings (SSSR count). The van der Waals surface area contributed by atoms with Crippen LogP contribution < -0.4 is 16.8 Å². The molecule has 1 amide bonds. The molecular formula is C9H11FIN3O2. The Morgan fingerprint density at radius 2 is 2.25 bits per heavy atom. The number of hydrogen-bond acceptors (Lipinski definition) is 4. The van der Waals surface area contributed by atoms with Gasteiger partial charge in [0.15, 0.2) is 0 Å². The minimum absolute atomic E-state index is 0.0996. The van der Waals surface area contributed by atoms with Crippen molar-refractivity contribution in [1.82, 2.24) is 0 Å². The maximum Gasteiger partial charge on any atom is 0.404 e. The normalized spacial score (nSPS) is 9.88. The second-order valence-corrected chi connectivity index (χ2v) is 4.11. The SMILES string of the molecule is NC(=O)OCCNc1cc(F)c(I)cc1N. The maximum atomic E-state index is 13.2. The molecule has 5 nitrogen and oxygen atoms in total. The summed E-state index contributed by atoms with van der Waals surface area (Å²) in [6.45, 7) is 0.412. The van der Waals surface area contributed by atoms with E-state index in [2.05, 4.69) is 10.1 Å². The summed E-state index contributed by atoms with van der Waals surface area (Å²) in [7, 11) is 0. The van der Waals surface area contributed by atoms with Crippen molar-refractivity contribution in [3.05, 3.63) is 21.5 Å². The van der Waals surface area contributed by atoms with Crippen molar-refractivity contribution in [3.63, 3.8) is 0 Å². The molecule has 0 heterocycles. The zero-order chi connectivity index (χ0) is 12.1. The molecule has 0 saturated heterocycles. The second-order valence-electron chi connectivity index (χ2n) is 2.95. The second kappa shape index (κ2) is 5.73. The summed E-state index contributed by atoms with van der Waals surface area (Å²) in [6, 6.07) is 2.81. The molecule has 0 atom stereocenters. The van der Waals surface area contributed by atoms with Gasteiger partial charge in [0.25, 0.3) is 0 Å². The number of primary amides is 1. The molecule has 7 heteroatoms. The molecule has 0 aromatic heterocycles. The van der Waals surface area contributed by atoms with Gasteiger partial charge in [0, 0.05) is 12.6 Å². The van der Waals surface area contributed by atoms with Crippen LogP contribution >= 0.6 is 22.6 Å². The quantitative estimate of drug-likeness (QED) is 0.441. The van der Waals surface area contributed by atoms with Gasteiger partial charge in [0.05, 0.1) is 14.9 Å². The van der Waals surface area contributed by atoms with E-state index in [9.17, 15) is 9.18 Å². The molecular weight excluding hydrogens is 328 g/mol. The third kappa shape index (κ3) is 3.72. The molecule has 0 fully saturated rings. The zero-order valence-corrected chi connectivity index (χ0v) is 10.5. The highest BCUT2D eigenvalue weighted by molar-refractivity contribution is 14.1. The van der Waals surface area contributed by atoms with E-state index in [4.69, 9.17) is 11.5 Å². The van der Waals surface area contributed by atoms with Gasteiger partial charge in [-0.25, -0.2) is 9.18 Å². The van der Waals surface area contributed by atoms with Gasteiger partial charge in [-0.2, -0.15) is 0 Å². The number of anilines is 2. The highest BCUT2D eigenvalue weighted by Gasteiger charge is 2.05. The molecule has 88 valence electrons. The van der Waals surface area contributed by atoms with Crippen LogP contribution in [0.4, 0.5) is 20.6 Å². The van der Waals surface area contributed by atoms with E-state index in [1.807, 2.05) is 22.6 Å². The Morgan fingerprint density at radius 1 is 1.56 bits per heavy atom. The molecule has 1 aromatic carbocycles. The summed E-state index contributed by atoms with van der Waals surface area (Å²) in [6.07, 6.45) is -0.844. The number of carbonyl (C=O) groups is 1. The lowest BCUT2D eigenvalue weighted by Gasteiger charge is -2.10. The first kappa shape index (κ1) is 12.8. The Bertz CT molecular complexity index is 401. The predicted molar refractivity (Wildman–Crippen MR) is 67.6 cm³/mol. The van der Waals surface area contributed by atoms with Gasteiger partial charge < -0.3 is 21.5 Å². The molecule has 0 saturated carbocycles. The van der Waals surface area contributed by atoms with E-state index in [1.54, 1.807) is 0 Å². The van der Waals surface area contributed by atoms with E-state index < -0.39 is 6.09 Å². The van der Waals surface area contributed by atoms with Crippen LogP contribution in [0.3, 0.4) is 0 Å². The van der Waals surface area contributed by atoms with Crippen molar-refractivity contribution < 1.29 is 13.9 Å². The standard InChI is InChI=1S/C9H11FIN3O2/c10-5-3-8(7(12)4-6(5)11)14-1-2-16-9(13)15/h3-4,14H,1-2,12H2,(H2,13,15). The molecule has 5 N–H and O–H groups in total. The largest absolute Gasteiger partial charge is 0.448 e. The number of benzene rings is 1. The van der Waals surface area contributed by atoms with Crippen LogP contribution in [0.1, 0.15) is 0 Å². The molecule has 16 heavy (non-hydrogen) atoms. The van der Waals surface area contributed by atoms with Crippen molar-refractivity contribution in [1.29, 1.82) is 0 Å². The molecule has 0 aliphatic carbocycles. The van der Waals surface area contributed by atoms with E-state index in [0.29, 0.717) is 21.5 Å². The Labute approximate surface area is 105 Å². The van der Waals surface area contributed by atoms with E-state index in [1.165, 1.54) is 12.1 Å². The molecule has 0 unspecified atom stereocenters. The summed E-state index contributed by atoms with van der Waals surface area (Å²) in [5.74, 6) is -0.354. The molecule has 0 aliphatic heterocycles. The number of nitrogens with one attached hydrogen (secondary N) is 1. The lowest BCUT2D eigenvalue weighted by Crippen LogP contribution is -2.18. The number of nitrogens with two attached hydrogens (primary N) is 2. The average molecular weight is 339 g/mol. The van der Waals surface area contributed by atoms with Crippen LogP contribution in [-0.4, -0.2) is 19.2 Å². The van der Waals surface area contributed by atoms with Gasteiger partial charge >= 0.3 is 6.09 Å². The van der Waals surface area contributed by atoms with Crippen molar-refractivity contribution in [2.75, 3.05) is 24.2 Å². The smallest absolute Gasteiger partial charge is 0.404 e. The van der Waals surface area contributed by atoms with Crippen LogP contribution in [-0.2, 0) is 4.74 Å². The average Bonchev–Trinajstić information content (AvgIpc) is 2.19. The number of amides is 1. The number of carbonyl (C=O) groups excluding carboxylic acids is 1. The minimum Gasteiger partial charge on any atom is -0.448 e. The first-order chi connectivity index (χ1) is 7.50. The third-order valence-corrected chi connectivity index (χ3v) is 2.58. The summed E-state index contributed by atoms with van der Waals surface area (Å²) < 4.78 is 18.1. The zero-order valence-electron chi connectivity index (χ0n) is 8.30. The molecule has 0 bridgehead atoms. The maximum absolute atomic E-state index is 13.2. The monoisotopic (exact) mass is 339 g/mol. The Kier molecular flexibility index (Phi) is 4.59. The van der Waals surface area contributed by atoms with Crippen molar-refractivity contribution >= 4 is 40.1 Å². The van der Waals surface area contributed by atoms with Crippen LogP contribution in [0.25, 0.3) is 0 Å². The van der Waals surface area contributed by atoms with Crippen LogP contribution in [0.15, 0.2) is 12.1 Å². The van der Waals surface area contributed by atoms with Gasteiger partial charge in [-0.05, 0) is 28.7 Å². The van der Waals surface area contributed by atoms with E-state index in [-0.39, 0.29) is 12.4 Å². The van der Waals surface area contributed by atoms with Crippen LogP contribution in [0, 0.1) is 9.39 Å². The van der Waals surface area contributed by atoms with Crippen molar-refractivity contribution in [2.45, 2.75) is 0 Å². The molecule has 0 spiro atoms. The topological polar surface area (TPSA) is 90.4 Å². The molecule has 1 aromatic rings. The Balaban J connectivity index is 2.54. The fourth-order valence-corrected chi connectivity index (χ4v) is 1.54. The predicted octanol–water partition coefficient (Wildman–Crippen LogP) is 1.52. The minimum atomic E-state index is -0.844. The van der Waals surface area contributed by atoms with Crippen LogP contribution in [0.2, 0.25) is 0 Å². The van der Waals surface area contributed by atoms with Crippen molar-refractivity contribution in [3.8, 4) is 0 Å². The lowest BCUT2D eigenvalue weighted by atomic mass is 10.2. The fourth-order valence-electron chi connectivity index (χ4n) is 1.05. The fraction of sp³-hybridized carbons (Fsp3) is 0.222. The van der Waals surface area contributed by atoms with Gasteiger partial charge in [0.2, 0.25) is 0 Å². The summed E-state index contributed by atoms with van der Waals surface area (Å²) in [5, 5.41) is 2.84. The third-order valence-electron chi connectivity index (χ3n) is 1.75. The highest BCUT2D eigenvalue weighted by Crippen LogP contribution is 2.23. The van der Waals surface area contributed by atoms with Gasteiger partial charge in [-0.15, -0.1) is 0 Å². The lowest BCUT2D eigenvalue weighted by molar-refractivity contribution is 0.161. The summed E-state index contributed by atoms with van der Waals surface area (Å²) in [4.78, 5) is 10.3. The Hall–Kier alpha value is -1.25. The highest BCUT2D eigenvalue weighted by atomic mass is 127. The number of halogens is 2. The molecule has 0 radical (unpaired) electrons. The van der Waals surface area contributed by atoms with E-state index in [0.717, 1.165) is 0 Å². The molecule has 0 aliphatic rings. The summed E-state index contributed by atoms with van der Waals surface area (Å²) >= 11 is 1.85. The van der Waals surface area contributed by atoms with E-state index >= 15 is 0 Å². The number of nitrogen functional groups attached to an aromatic ring is 1. The van der Waals surface area contributed by atoms with Crippen LogP contribution in [0.5, 0.6) is 0 Å². The first-order valence-corrected chi connectivity index (χ1v) is 5.49. The number of hydrogen-bond donors (Lipinski definition) is 3. The van der Waals surface area contributed by atoms with Gasteiger partial charge in [-0.3, -0.25) is 0 Å².